The molecule has 0 spiro atoms. The van der Waals surface area contributed by atoms with Crippen molar-refractivity contribution in [2.75, 3.05) is 6.61 Å². The molecule has 1 amide bonds. The van der Waals surface area contributed by atoms with Crippen LogP contribution in [-0.4, -0.2) is 30.6 Å². The summed E-state index contributed by atoms with van der Waals surface area (Å²) in [5.74, 6) is -0.235. The van der Waals surface area contributed by atoms with Gasteiger partial charge < -0.3 is 10.1 Å². The number of benzene rings is 2. The molecule has 5 nitrogen and oxygen atoms in total. The highest BCUT2D eigenvalue weighted by Gasteiger charge is 2.18. The van der Waals surface area contributed by atoms with Crippen molar-refractivity contribution in [2.45, 2.75) is 19.4 Å². The van der Waals surface area contributed by atoms with Gasteiger partial charge >= 0.3 is 0 Å². The first-order valence-corrected chi connectivity index (χ1v) is 8.50. The number of hydrogen-bond donors (Lipinski definition) is 1. The SMILES string of the molecule is CC(=O)[C@@H](Cc1ccccc1)NC(=O)COc1ccc(Br)cc1C=O. The Labute approximate surface area is 154 Å². The Morgan fingerprint density at radius 2 is 1.92 bits per heavy atom. The highest BCUT2D eigenvalue weighted by Crippen LogP contribution is 2.21. The second kappa shape index (κ2) is 9.13. The number of ether oxygens (including phenoxy) is 1. The van der Waals surface area contributed by atoms with E-state index in [-0.39, 0.29) is 12.4 Å². The number of ketones is 1. The molecule has 6 heteroatoms. The molecule has 2 aromatic carbocycles. The highest BCUT2D eigenvalue weighted by molar-refractivity contribution is 9.10. The summed E-state index contributed by atoms with van der Waals surface area (Å²) in [4.78, 5) is 34.9. The zero-order valence-electron chi connectivity index (χ0n) is 13.7. The highest BCUT2D eigenvalue weighted by atomic mass is 79.9. The molecule has 0 aliphatic rings. The topological polar surface area (TPSA) is 72.5 Å². The van der Waals surface area contributed by atoms with Gasteiger partial charge in [-0.1, -0.05) is 46.3 Å². The number of nitrogens with one attached hydrogen (secondary N) is 1. The molecule has 130 valence electrons. The normalized spacial score (nSPS) is 11.4. The number of amides is 1. The van der Waals surface area contributed by atoms with Crippen molar-refractivity contribution < 1.29 is 19.1 Å². The van der Waals surface area contributed by atoms with Gasteiger partial charge in [0.1, 0.15) is 5.75 Å². The van der Waals surface area contributed by atoms with E-state index in [0.717, 1.165) is 10.0 Å². The minimum absolute atomic E-state index is 0.130. The molecule has 2 aromatic rings. The van der Waals surface area contributed by atoms with Crippen molar-refractivity contribution in [1.29, 1.82) is 0 Å². The average molecular weight is 404 g/mol. The smallest absolute Gasteiger partial charge is 0.258 e. The molecule has 0 aliphatic heterocycles. The van der Waals surface area contributed by atoms with E-state index in [1.807, 2.05) is 30.3 Å². The van der Waals surface area contributed by atoms with E-state index in [1.54, 1.807) is 18.2 Å². The molecule has 0 radical (unpaired) electrons. The van der Waals surface area contributed by atoms with E-state index >= 15 is 0 Å². The molecule has 0 fully saturated rings. The summed E-state index contributed by atoms with van der Waals surface area (Å²) in [6.45, 7) is 1.16. The maximum atomic E-state index is 12.1. The zero-order chi connectivity index (χ0) is 18.2. The molecule has 2 rings (SSSR count). The van der Waals surface area contributed by atoms with Gasteiger partial charge in [0.25, 0.3) is 5.91 Å². The third-order valence-electron chi connectivity index (χ3n) is 3.57. The van der Waals surface area contributed by atoms with Crippen LogP contribution < -0.4 is 10.1 Å². The lowest BCUT2D eigenvalue weighted by Crippen LogP contribution is -2.43. The predicted molar refractivity (Wildman–Crippen MR) is 97.8 cm³/mol. The lowest BCUT2D eigenvalue weighted by molar-refractivity contribution is -0.128. The molecule has 0 aliphatic carbocycles. The first kappa shape index (κ1) is 18.9. The Kier molecular flexibility index (Phi) is 6.89. The van der Waals surface area contributed by atoms with Crippen molar-refractivity contribution in [3.63, 3.8) is 0 Å². The van der Waals surface area contributed by atoms with Gasteiger partial charge in [0, 0.05) is 4.47 Å². The third kappa shape index (κ3) is 5.83. The molecule has 0 unspecified atom stereocenters. The summed E-state index contributed by atoms with van der Waals surface area (Å²) in [7, 11) is 0. The molecule has 0 aromatic heterocycles. The van der Waals surface area contributed by atoms with Crippen LogP contribution in [0.15, 0.2) is 53.0 Å². The summed E-state index contributed by atoms with van der Waals surface area (Å²) >= 11 is 3.27. The molecule has 0 heterocycles. The Bertz CT molecular complexity index is 761. The van der Waals surface area contributed by atoms with Crippen LogP contribution in [0.3, 0.4) is 0 Å². The summed E-state index contributed by atoms with van der Waals surface area (Å²) in [5, 5.41) is 2.67. The molecule has 0 saturated heterocycles. The fraction of sp³-hybridized carbons (Fsp3) is 0.211. The molecule has 1 atom stereocenters. The van der Waals surface area contributed by atoms with Crippen LogP contribution in [0.25, 0.3) is 0 Å². The minimum Gasteiger partial charge on any atom is -0.483 e. The van der Waals surface area contributed by atoms with Crippen LogP contribution in [-0.2, 0) is 16.0 Å². The van der Waals surface area contributed by atoms with Gasteiger partial charge in [0.15, 0.2) is 18.7 Å². The van der Waals surface area contributed by atoms with Gasteiger partial charge in [-0.3, -0.25) is 14.4 Å². The van der Waals surface area contributed by atoms with Crippen LogP contribution in [0.5, 0.6) is 5.75 Å². The average Bonchev–Trinajstić information content (AvgIpc) is 2.60. The van der Waals surface area contributed by atoms with E-state index in [0.29, 0.717) is 24.0 Å². The van der Waals surface area contributed by atoms with Crippen molar-refractivity contribution in [1.82, 2.24) is 5.32 Å². The van der Waals surface area contributed by atoms with Crippen molar-refractivity contribution in [2.24, 2.45) is 0 Å². The summed E-state index contributed by atoms with van der Waals surface area (Å²) in [5.41, 5.74) is 1.30. The molecular weight excluding hydrogens is 386 g/mol. The van der Waals surface area contributed by atoms with E-state index in [9.17, 15) is 14.4 Å². The van der Waals surface area contributed by atoms with Crippen LogP contribution in [0.4, 0.5) is 0 Å². The molecular formula is C19H18BrNO4. The van der Waals surface area contributed by atoms with Gasteiger partial charge in [-0.05, 0) is 37.1 Å². The largest absolute Gasteiger partial charge is 0.483 e. The number of halogens is 1. The second-order valence-corrected chi connectivity index (χ2v) is 6.42. The quantitative estimate of drug-likeness (QED) is 0.687. The number of carbonyl (C=O) groups is 3. The van der Waals surface area contributed by atoms with Crippen LogP contribution >= 0.6 is 15.9 Å². The number of Topliss-reactive ketones (excluding diaryl/α,β-unsaturated/α-hetero) is 1. The molecule has 1 N–H and O–H groups in total. The standard InChI is InChI=1S/C19H18BrNO4/c1-13(23)17(9-14-5-3-2-4-6-14)21-19(24)12-25-18-8-7-16(20)10-15(18)11-22/h2-8,10-11,17H,9,12H2,1H3,(H,21,24)/t17-/m1/s1. The number of hydrogen-bond acceptors (Lipinski definition) is 4. The minimum atomic E-state index is -0.617. The fourth-order valence-electron chi connectivity index (χ4n) is 2.27. The van der Waals surface area contributed by atoms with E-state index in [4.69, 9.17) is 4.74 Å². The molecule has 0 bridgehead atoms. The zero-order valence-corrected chi connectivity index (χ0v) is 15.3. The van der Waals surface area contributed by atoms with E-state index in [2.05, 4.69) is 21.2 Å². The van der Waals surface area contributed by atoms with Crippen LogP contribution in [0, 0.1) is 0 Å². The first-order valence-electron chi connectivity index (χ1n) is 7.71. The van der Waals surface area contributed by atoms with E-state index in [1.165, 1.54) is 6.92 Å². The van der Waals surface area contributed by atoms with Gasteiger partial charge in [0.2, 0.25) is 0 Å². The van der Waals surface area contributed by atoms with Gasteiger partial charge in [-0.2, -0.15) is 0 Å². The van der Waals surface area contributed by atoms with Gasteiger partial charge in [0.05, 0.1) is 11.6 Å². The third-order valence-corrected chi connectivity index (χ3v) is 4.06. The molecule has 25 heavy (non-hydrogen) atoms. The van der Waals surface area contributed by atoms with Crippen molar-refractivity contribution in [3.05, 3.63) is 64.1 Å². The van der Waals surface area contributed by atoms with Crippen molar-refractivity contribution >= 4 is 33.9 Å². The second-order valence-electron chi connectivity index (χ2n) is 5.51. The monoisotopic (exact) mass is 403 g/mol. The van der Waals surface area contributed by atoms with Crippen LogP contribution in [0.2, 0.25) is 0 Å². The van der Waals surface area contributed by atoms with E-state index < -0.39 is 11.9 Å². The first-order chi connectivity index (χ1) is 12.0. The fourth-order valence-corrected chi connectivity index (χ4v) is 2.65. The maximum Gasteiger partial charge on any atom is 0.258 e. The van der Waals surface area contributed by atoms with Gasteiger partial charge in [-0.25, -0.2) is 0 Å². The predicted octanol–water partition coefficient (Wildman–Crippen LogP) is 2.96. The summed E-state index contributed by atoms with van der Waals surface area (Å²) in [6.07, 6.45) is 1.07. The molecule has 0 saturated carbocycles. The Balaban J connectivity index is 1.95. The maximum absolute atomic E-state index is 12.1. The van der Waals surface area contributed by atoms with Crippen LogP contribution in [0.1, 0.15) is 22.8 Å². The number of aldehydes is 1. The Hall–Kier alpha value is -2.47. The summed E-state index contributed by atoms with van der Waals surface area (Å²) in [6, 6.07) is 13.8. The number of carbonyl (C=O) groups excluding carboxylic acids is 3. The lowest BCUT2D eigenvalue weighted by atomic mass is 10.0. The Morgan fingerprint density at radius 1 is 1.20 bits per heavy atom. The summed E-state index contributed by atoms with van der Waals surface area (Å²) < 4.78 is 6.14. The Morgan fingerprint density at radius 3 is 2.56 bits per heavy atom. The van der Waals surface area contributed by atoms with Crippen molar-refractivity contribution in [3.8, 4) is 5.75 Å². The van der Waals surface area contributed by atoms with Gasteiger partial charge in [-0.15, -0.1) is 0 Å². The number of rotatable bonds is 8. The lowest BCUT2D eigenvalue weighted by Gasteiger charge is -2.16.